The highest BCUT2D eigenvalue weighted by atomic mass is 35.5. The van der Waals surface area contributed by atoms with Crippen LogP contribution < -0.4 is 10.6 Å². The van der Waals surface area contributed by atoms with Gasteiger partial charge >= 0.3 is 0 Å². The summed E-state index contributed by atoms with van der Waals surface area (Å²) >= 11 is 0. The number of benzene rings is 1. The summed E-state index contributed by atoms with van der Waals surface area (Å²) < 4.78 is 0. The van der Waals surface area contributed by atoms with Gasteiger partial charge in [-0.05, 0) is 37.0 Å². The number of carbonyl (C=O) groups is 4. The van der Waals surface area contributed by atoms with Gasteiger partial charge in [-0.15, -0.1) is 12.4 Å². The Morgan fingerprint density at radius 3 is 2.53 bits per heavy atom. The average molecular weight is 435 g/mol. The molecule has 3 aliphatic heterocycles. The first-order chi connectivity index (χ1) is 14.0. The van der Waals surface area contributed by atoms with E-state index in [4.69, 9.17) is 0 Å². The fourth-order valence-electron chi connectivity index (χ4n) is 4.42. The molecule has 30 heavy (non-hydrogen) atoms. The first-order valence-corrected chi connectivity index (χ1v) is 10.2. The number of hydrogen-bond donors (Lipinski definition) is 2. The minimum atomic E-state index is -0.330. The van der Waals surface area contributed by atoms with Gasteiger partial charge in [-0.1, -0.05) is 12.1 Å². The van der Waals surface area contributed by atoms with E-state index in [9.17, 15) is 19.2 Å². The van der Waals surface area contributed by atoms with Gasteiger partial charge in [0.2, 0.25) is 17.7 Å². The highest BCUT2D eigenvalue weighted by Crippen LogP contribution is 2.21. The summed E-state index contributed by atoms with van der Waals surface area (Å²) in [6.45, 7) is 3.12. The molecule has 3 saturated heterocycles. The highest BCUT2D eigenvalue weighted by molar-refractivity contribution is 6.03. The van der Waals surface area contributed by atoms with E-state index in [-0.39, 0.29) is 54.4 Å². The van der Waals surface area contributed by atoms with Crippen molar-refractivity contribution in [3.05, 3.63) is 35.4 Å². The van der Waals surface area contributed by atoms with Crippen molar-refractivity contribution < 1.29 is 19.2 Å². The first kappa shape index (κ1) is 22.2. The summed E-state index contributed by atoms with van der Waals surface area (Å²) in [6.07, 6.45) is 2.52. The van der Waals surface area contributed by atoms with Crippen LogP contribution >= 0.6 is 12.4 Å². The lowest BCUT2D eigenvalue weighted by Crippen LogP contribution is -2.57. The largest absolute Gasteiger partial charge is 0.337 e. The Labute approximate surface area is 181 Å². The van der Waals surface area contributed by atoms with Gasteiger partial charge in [-0.2, -0.15) is 0 Å². The molecule has 0 bridgehead atoms. The maximum atomic E-state index is 13.0. The van der Waals surface area contributed by atoms with E-state index < -0.39 is 0 Å². The van der Waals surface area contributed by atoms with Crippen molar-refractivity contribution >= 4 is 36.0 Å². The maximum Gasteiger partial charge on any atom is 0.253 e. The summed E-state index contributed by atoms with van der Waals surface area (Å²) in [5.41, 5.74) is 1.53. The third-order valence-corrected chi connectivity index (χ3v) is 6.00. The van der Waals surface area contributed by atoms with Crippen LogP contribution in [0.5, 0.6) is 0 Å². The van der Waals surface area contributed by atoms with Crippen molar-refractivity contribution in [3.8, 4) is 0 Å². The van der Waals surface area contributed by atoms with E-state index in [1.165, 1.54) is 0 Å². The zero-order chi connectivity index (χ0) is 20.4. The summed E-state index contributed by atoms with van der Waals surface area (Å²) in [5.74, 6) is -0.707. The molecule has 2 unspecified atom stereocenters. The van der Waals surface area contributed by atoms with Crippen LogP contribution in [0.1, 0.15) is 35.2 Å². The number of piperazine rings is 1. The second-order valence-electron chi connectivity index (χ2n) is 8.03. The van der Waals surface area contributed by atoms with Crippen LogP contribution in [0.15, 0.2) is 24.3 Å². The lowest BCUT2D eigenvalue weighted by atomic mass is 9.96. The van der Waals surface area contributed by atoms with Crippen molar-refractivity contribution in [2.45, 2.75) is 31.7 Å². The number of carbonyl (C=O) groups excluding carboxylic acids is 4. The lowest BCUT2D eigenvalue weighted by molar-refractivity contribution is -0.135. The Morgan fingerprint density at radius 1 is 1.10 bits per heavy atom. The molecule has 1 aromatic carbocycles. The molecule has 3 heterocycles. The molecule has 2 atom stereocenters. The molecule has 162 valence electrons. The summed E-state index contributed by atoms with van der Waals surface area (Å²) in [5, 5.41) is 5.41. The average Bonchev–Trinajstić information content (AvgIpc) is 3.05. The second kappa shape index (κ2) is 9.57. The number of nitrogens with one attached hydrogen (secondary N) is 2. The van der Waals surface area contributed by atoms with Gasteiger partial charge in [0, 0.05) is 44.2 Å². The molecular weight excluding hydrogens is 408 g/mol. The number of rotatable bonds is 4. The number of hydrogen-bond acceptors (Lipinski definition) is 5. The zero-order valence-corrected chi connectivity index (χ0v) is 17.6. The fraction of sp³-hybridized carbons (Fsp3) is 0.524. The van der Waals surface area contributed by atoms with Crippen LogP contribution in [0.2, 0.25) is 0 Å². The van der Waals surface area contributed by atoms with E-state index in [1.807, 2.05) is 21.9 Å². The normalized spacial score (nSPS) is 24.5. The van der Waals surface area contributed by atoms with E-state index in [2.05, 4.69) is 10.6 Å². The van der Waals surface area contributed by atoms with Crippen LogP contribution in [-0.2, 0) is 20.8 Å². The Kier molecular flexibility index (Phi) is 7.10. The topological polar surface area (TPSA) is 98.8 Å². The van der Waals surface area contributed by atoms with Crippen LogP contribution in [0.4, 0.5) is 0 Å². The Hall–Kier alpha value is -2.45. The molecule has 1 aromatic rings. The van der Waals surface area contributed by atoms with Gasteiger partial charge in [0.25, 0.3) is 5.91 Å². The summed E-state index contributed by atoms with van der Waals surface area (Å²) in [6, 6.07) is 7.35. The van der Waals surface area contributed by atoms with Gasteiger partial charge in [0.05, 0.1) is 12.5 Å². The molecule has 0 spiro atoms. The van der Waals surface area contributed by atoms with Crippen LogP contribution in [0, 0.1) is 5.92 Å². The zero-order valence-electron chi connectivity index (χ0n) is 16.8. The standard InChI is InChI=1S/C21H26N4O4.ClH/c26-18-11-16(20(28)23-18)10-14-3-5-15(6-4-14)21(29)24-8-1-2-17(13-24)25-9-7-22-12-19(25)27;/h3-6,16-17,22H,1-2,7-13H2,(H,23,26,28);1H. The minimum Gasteiger partial charge on any atom is -0.337 e. The number of piperidine rings is 1. The SMILES string of the molecule is Cl.O=C1CC(Cc2ccc(C(=O)N3CCCC(N4CCNCC4=O)C3)cc2)C(=O)N1. The third kappa shape index (κ3) is 4.82. The quantitative estimate of drug-likeness (QED) is 0.666. The Bertz CT molecular complexity index is 829. The van der Waals surface area contributed by atoms with Crippen LogP contribution in [0.25, 0.3) is 0 Å². The monoisotopic (exact) mass is 434 g/mol. The number of nitrogens with zero attached hydrogens (tertiary/aromatic N) is 2. The Morgan fingerprint density at radius 2 is 1.87 bits per heavy atom. The van der Waals surface area contributed by atoms with Gasteiger partial charge in [0.15, 0.2) is 0 Å². The highest BCUT2D eigenvalue weighted by Gasteiger charge is 2.32. The number of likely N-dealkylation sites (tertiary alicyclic amines) is 1. The van der Waals surface area contributed by atoms with Gasteiger partial charge in [-0.3, -0.25) is 24.5 Å². The molecule has 0 aromatic heterocycles. The molecule has 0 aliphatic carbocycles. The number of imide groups is 1. The molecule has 9 heteroatoms. The molecular formula is C21H27ClN4O4. The van der Waals surface area contributed by atoms with Crippen LogP contribution in [-0.4, -0.2) is 72.2 Å². The minimum absolute atomic E-state index is 0. The van der Waals surface area contributed by atoms with E-state index in [0.29, 0.717) is 38.2 Å². The van der Waals surface area contributed by atoms with Crippen molar-refractivity contribution in [2.24, 2.45) is 5.92 Å². The first-order valence-electron chi connectivity index (χ1n) is 10.2. The van der Waals surface area contributed by atoms with Crippen LogP contribution in [0.3, 0.4) is 0 Å². The molecule has 3 fully saturated rings. The fourth-order valence-corrected chi connectivity index (χ4v) is 4.42. The van der Waals surface area contributed by atoms with E-state index in [0.717, 1.165) is 24.9 Å². The molecule has 8 nitrogen and oxygen atoms in total. The third-order valence-electron chi connectivity index (χ3n) is 6.00. The predicted octanol–water partition coefficient (Wildman–Crippen LogP) is 0.350. The van der Waals surface area contributed by atoms with Crippen molar-refractivity contribution in [2.75, 3.05) is 32.7 Å². The van der Waals surface area contributed by atoms with Gasteiger partial charge in [0.1, 0.15) is 0 Å². The van der Waals surface area contributed by atoms with Gasteiger partial charge in [-0.25, -0.2) is 0 Å². The van der Waals surface area contributed by atoms with E-state index >= 15 is 0 Å². The molecule has 0 radical (unpaired) electrons. The molecule has 2 N–H and O–H groups in total. The van der Waals surface area contributed by atoms with Crippen molar-refractivity contribution in [1.29, 1.82) is 0 Å². The van der Waals surface area contributed by atoms with Crippen molar-refractivity contribution in [3.63, 3.8) is 0 Å². The summed E-state index contributed by atoms with van der Waals surface area (Å²) in [7, 11) is 0. The number of halogens is 1. The molecule has 4 amide bonds. The van der Waals surface area contributed by atoms with Gasteiger partial charge < -0.3 is 15.1 Å². The smallest absolute Gasteiger partial charge is 0.253 e. The predicted molar refractivity (Wildman–Crippen MR) is 112 cm³/mol. The molecule has 4 rings (SSSR count). The number of amides is 4. The lowest BCUT2D eigenvalue weighted by Gasteiger charge is -2.41. The molecule has 3 aliphatic rings. The van der Waals surface area contributed by atoms with Crippen molar-refractivity contribution in [1.82, 2.24) is 20.4 Å². The second-order valence-corrected chi connectivity index (χ2v) is 8.03. The maximum absolute atomic E-state index is 13.0. The summed E-state index contributed by atoms with van der Waals surface area (Å²) in [4.78, 5) is 51.9. The Balaban J connectivity index is 0.00000256. The molecule has 0 saturated carbocycles. The van der Waals surface area contributed by atoms with E-state index in [1.54, 1.807) is 12.1 Å².